The summed E-state index contributed by atoms with van der Waals surface area (Å²) in [7, 11) is 1.90. The highest BCUT2D eigenvalue weighted by Gasteiger charge is 2.04. The molecule has 0 amide bonds. The number of nitrogens with one attached hydrogen (secondary N) is 1. The van der Waals surface area contributed by atoms with Gasteiger partial charge in [-0.05, 0) is 26.1 Å². The third kappa shape index (κ3) is 2.05. The molecule has 15 heavy (non-hydrogen) atoms. The lowest BCUT2D eigenvalue weighted by atomic mass is 10.2. The zero-order valence-electron chi connectivity index (χ0n) is 8.94. The number of benzene rings is 1. The number of aryl methyl sites for hydroxylation is 1. The summed E-state index contributed by atoms with van der Waals surface area (Å²) in [6, 6.07) is 8.23. The van der Waals surface area contributed by atoms with E-state index >= 15 is 0 Å². The van der Waals surface area contributed by atoms with Crippen LogP contribution in [0, 0.1) is 6.92 Å². The summed E-state index contributed by atoms with van der Waals surface area (Å²) < 4.78 is 1.84. The molecule has 0 saturated carbocycles. The SMILES string of the molecule is CNCc1ncnn1-c1ccc(C)cc1. The summed E-state index contributed by atoms with van der Waals surface area (Å²) in [5.74, 6) is 0.918. The van der Waals surface area contributed by atoms with Crippen molar-refractivity contribution in [3.05, 3.63) is 42.0 Å². The number of nitrogens with zero attached hydrogens (tertiary/aromatic N) is 3. The second kappa shape index (κ2) is 4.23. The van der Waals surface area contributed by atoms with Gasteiger partial charge in [-0.1, -0.05) is 17.7 Å². The first-order chi connectivity index (χ1) is 7.31. The van der Waals surface area contributed by atoms with E-state index in [4.69, 9.17) is 0 Å². The fourth-order valence-electron chi connectivity index (χ4n) is 1.45. The summed E-state index contributed by atoms with van der Waals surface area (Å²) in [4.78, 5) is 4.19. The largest absolute Gasteiger partial charge is 0.313 e. The zero-order chi connectivity index (χ0) is 10.7. The fourth-order valence-corrected chi connectivity index (χ4v) is 1.45. The Morgan fingerprint density at radius 2 is 2.00 bits per heavy atom. The van der Waals surface area contributed by atoms with E-state index in [1.807, 2.05) is 23.9 Å². The monoisotopic (exact) mass is 202 g/mol. The summed E-state index contributed by atoms with van der Waals surface area (Å²) in [6.45, 7) is 2.79. The van der Waals surface area contributed by atoms with E-state index in [1.54, 1.807) is 6.33 Å². The van der Waals surface area contributed by atoms with Crippen LogP contribution < -0.4 is 5.32 Å². The van der Waals surface area contributed by atoms with Crippen LogP contribution >= 0.6 is 0 Å². The fraction of sp³-hybridized carbons (Fsp3) is 0.273. The molecule has 0 spiro atoms. The molecule has 0 radical (unpaired) electrons. The molecule has 1 aromatic carbocycles. The molecule has 0 aliphatic rings. The summed E-state index contributed by atoms with van der Waals surface area (Å²) >= 11 is 0. The van der Waals surface area contributed by atoms with E-state index in [9.17, 15) is 0 Å². The van der Waals surface area contributed by atoms with E-state index in [0.29, 0.717) is 6.54 Å². The lowest BCUT2D eigenvalue weighted by molar-refractivity contribution is 0.712. The van der Waals surface area contributed by atoms with E-state index in [0.717, 1.165) is 11.5 Å². The van der Waals surface area contributed by atoms with Gasteiger partial charge in [-0.3, -0.25) is 0 Å². The molecule has 0 bridgehead atoms. The smallest absolute Gasteiger partial charge is 0.146 e. The van der Waals surface area contributed by atoms with Crippen molar-refractivity contribution in [1.82, 2.24) is 20.1 Å². The highest BCUT2D eigenvalue weighted by molar-refractivity contribution is 5.33. The van der Waals surface area contributed by atoms with Crippen molar-refractivity contribution in [2.45, 2.75) is 13.5 Å². The van der Waals surface area contributed by atoms with E-state index in [1.165, 1.54) is 5.56 Å². The predicted molar refractivity (Wildman–Crippen MR) is 58.9 cm³/mol. The van der Waals surface area contributed by atoms with Crippen LogP contribution in [0.4, 0.5) is 0 Å². The average Bonchev–Trinajstić information content (AvgIpc) is 2.68. The number of rotatable bonds is 3. The molecule has 0 aliphatic carbocycles. The molecule has 0 atom stereocenters. The van der Waals surface area contributed by atoms with Crippen molar-refractivity contribution in [3.63, 3.8) is 0 Å². The summed E-state index contributed by atoms with van der Waals surface area (Å²) in [5.41, 5.74) is 2.29. The molecule has 1 N–H and O–H groups in total. The minimum atomic E-state index is 0.716. The molecular weight excluding hydrogens is 188 g/mol. The Morgan fingerprint density at radius 3 is 2.67 bits per heavy atom. The second-order valence-corrected chi connectivity index (χ2v) is 3.45. The molecule has 4 nitrogen and oxygen atoms in total. The molecule has 1 aromatic heterocycles. The summed E-state index contributed by atoms with van der Waals surface area (Å²) in [5, 5.41) is 7.27. The Hall–Kier alpha value is -1.68. The van der Waals surface area contributed by atoms with Crippen LogP contribution in [-0.2, 0) is 6.54 Å². The molecule has 0 aliphatic heterocycles. The maximum Gasteiger partial charge on any atom is 0.146 e. The van der Waals surface area contributed by atoms with Gasteiger partial charge in [0.25, 0.3) is 0 Å². The standard InChI is InChI=1S/C11H14N4/c1-9-3-5-10(6-4-9)15-11(7-12-2)13-8-14-15/h3-6,8,12H,7H2,1-2H3. The molecule has 78 valence electrons. The third-order valence-corrected chi connectivity index (χ3v) is 2.23. The van der Waals surface area contributed by atoms with E-state index in [-0.39, 0.29) is 0 Å². The average molecular weight is 202 g/mol. The zero-order valence-corrected chi connectivity index (χ0v) is 8.94. The first kappa shape index (κ1) is 9.86. The van der Waals surface area contributed by atoms with Crippen LogP contribution in [0.25, 0.3) is 5.69 Å². The van der Waals surface area contributed by atoms with Gasteiger partial charge in [0.15, 0.2) is 0 Å². The Morgan fingerprint density at radius 1 is 1.27 bits per heavy atom. The van der Waals surface area contributed by atoms with Crippen molar-refractivity contribution in [1.29, 1.82) is 0 Å². The van der Waals surface area contributed by atoms with Gasteiger partial charge in [-0.15, -0.1) is 0 Å². The number of hydrogen-bond acceptors (Lipinski definition) is 3. The van der Waals surface area contributed by atoms with Crippen molar-refractivity contribution in [2.24, 2.45) is 0 Å². The predicted octanol–water partition coefficient (Wildman–Crippen LogP) is 1.30. The Bertz CT molecular complexity index is 430. The molecule has 0 fully saturated rings. The molecule has 2 rings (SSSR count). The lowest BCUT2D eigenvalue weighted by Gasteiger charge is -2.05. The van der Waals surface area contributed by atoms with Crippen LogP contribution in [0.1, 0.15) is 11.4 Å². The topological polar surface area (TPSA) is 42.7 Å². The van der Waals surface area contributed by atoms with Gasteiger partial charge < -0.3 is 5.32 Å². The van der Waals surface area contributed by atoms with Gasteiger partial charge in [-0.25, -0.2) is 9.67 Å². The number of hydrogen-bond donors (Lipinski definition) is 1. The van der Waals surface area contributed by atoms with Crippen molar-refractivity contribution in [2.75, 3.05) is 7.05 Å². The van der Waals surface area contributed by atoms with Crippen LogP contribution in [0.15, 0.2) is 30.6 Å². The van der Waals surface area contributed by atoms with Gasteiger partial charge >= 0.3 is 0 Å². The van der Waals surface area contributed by atoms with Crippen molar-refractivity contribution in [3.8, 4) is 5.69 Å². The molecular formula is C11H14N4. The Balaban J connectivity index is 2.36. The van der Waals surface area contributed by atoms with E-state index < -0.39 is 0 Å². The van der Waals surface area contributed by atoms with Gasteiger partial charge in [-0.2, -0.15) is 5.10 Å². The first-order valence-corrected chi connectivity index (χ1v) is 4.92. The van der Waals surface area contributed by atoms with Crippen LogP contribution in [0.5, 0.6) is 0 Å². The Kier molecular flexibility index (Phi) is 2.78. The molecule has 1 heterocycles. The third-order valence-electron chi connectivity index (χ3n) is 2.23. The van der Waals surface area contributed by atoms with Gasteiger partial charge in [0.05, 0.1) is 12.2 Å². The maximum absolute atomic E-state index is 4.20. The van der Waals surface area contributed by atoms with E-state index in [2.05, 4.69) is 34.5 Å². The quantitative estimate of drug-likeness (QED) is 0.815. The highest BCUT2D eigenvalue weighted by Crippen LogP contribution is 2.09. The molecule has 2 aromatic rings. The molecule has 4 heteroatoms. The van der Waals surface area contributed by atoms with Gasteiger partial charge in [0.2, 0.25) is 0 Å². The van der Waals surface area contributed by atoms with Gasteiger partial charge in [0, 0.05) is 0 Å². The van der Waals surface area contributed by atoms with Crippen LogP contribution in [0.3, 0.4) is 0 Å². The normalized spacial score (nSPS) is 10.5. The van der Waals surface area contributed by atoms with Gasteiger partial charge in [0.1, 0.15) is 12.2 Å². The lowest BCUT2D eigenvalue weighted by Crippen LogP contribution is -2.12. The number of aromatic nitrogens is 3. The van der Waals surface area contributed by atoms with Crippen molar-refractivity contribution < 1.29 is 0 Å². The summed E-state index contributed by atoms with van der Waals surface area (Å²) in [6.07, 6.45) is 1.58. The Labute approximate surface area is 89.0 Å². The molecule has 0 saturated heterocycles. The minimum Gasteiger partial charge on any atom is -0.313 e. The van der Waals surface area contributed by atoms with Crippen LogP contribution in [-0.4, -0.2) is 21.8 Å². The van der Waals surface area contributed by atoms with Crippen LogP contribution in [0.2, 0.25) is 0 Å². The maximum atomic E-state index is 4.20. The minimum absolute atomic E-state index is 0.716. The highest BCUT2D eigenvalue weighted by atomic mass is 15.3. The van der Waals surface area contributed by atoms with Crippen molar-refractivity contribution >= 4 is 0 Å². The first-order valence-electron chi connectivity index (χ1n) is 4.92. The molecule has 0 unspecified atom stereocenters. The second-order valence-electron chi connectivity index (χ2n) is 3.45.